The molecule has 0 aromatic heterocycles. The highest BCUT2D eigenvalue weighted by atomic mass is 35.5. The third-order valence-corrected chi connectivity index (χ3v) is 5.60. The molecule has 0 aliphatic carbocycles. The van der Waals surface area contributed by atoms with Crippen molar-refractivity contribution in [3.05, 3.63) is 81.1 Å². The van der Waals surface area contributed by atoms with Crippen LogP contribution in [0.25, 0.3) is 6.08 Å². The Labute approximate surface area is 223 Å². The number of hydrogen-bond donors (Lipinski definition) is 1. The standard InChI is InChI=1S/C27H23Cl2FN2O5/c1-4-36-25-11-17(10-21(29)26(25)37-15-16-5-7-19(30)8-6-16)9-18(14-31)27(33)32-22-13-23(34-2)20(28)12-24(22)35-3/h5-13H,4,15H2,1-3H3,(H,32,33)/b18-9+. The van der Waals surface area contributed by atoms with Crippen molar-refractivity contribution in [3.8, 4) is 29.1 Å². The number of hydrogen-bond acceptors (Lipinski definition) is 6. The van der Waals surface area contributed by atoms with Gasteiger partial charge in [0, 0.05) is 12.1 Å². The molecule has 0 saturated heterocycles. The fourth-order valence-electron chi connectivity index (χ4n) is 3.27. The van der Waals surface area contributed by atoms with Crippen LogP contribution in [-0.4, -0.2) is 26.7 Å². The molecule has 1 N–H and O–H groups in total. The highest BCUT2D eigenvalue weighted by molar-refractivity contribution is 6.33. The van der Waals surface area contributed by atoms with E-state index in [2.05, 4.69) is 5.32 Å². The van der Waals surface area contributed by atoms with E-state index < -0.39 is 5.91 Å². The number of anilines is 1. The first kappa shape index (κ1) is 27.7. The lowest BCUT2D eigenvalue weighted by molar-refractivity contribution is -0.112. The van der Waals surface area contributed by atoms with E-state index in [1.165, 1.54) is 44.6 Å². The molecule has 10 heteroatoms. The van der Waals surface area contributed by atoms with Crippen molar-refractivity contribution in [2.75, 3.05) is 26.1 Å². The topological polar surface area (TPSA) is 89.8 Å². The Morgan fingerprint density at radius 2 is 1.70 bits per heavy atom. The van der Waals surface area contributed by atoms with E-state index in [0.717, 1.165) is 5.56 Å². The van der Waals surface area contributed by atoms with Crippen molar-refractivity contribution in [3.63, 3.8) is 0 Å². The summed E-state index contributed by atoms with van der Waals surface area (Å²) in [4.78, 5) is 12.9. The normalized spacial score (nSPS) is 10.9. The number of carbonyl (C=O) groups is 1. The Hall–Kier alpha value is -3.93. The van der Waals surface area contributed by atoms with Crippen LogP contribution in [0.5, 0.6) is 23.0 Å². The van der Waals surface area contributed by atoms with E-state index in [1.807, 2.05) is 6.07 Å². The second kappa shape index (κ2) is 12.9. The summed E-state index contributed by atoms with van der Waals surface area (Å²) in [7, 11) is 2.86. The van der Waals surface area contributed by atoms with E-state index in [4.69, 9.17) is 42.1 Å². The van der Waals surface area contributed by atoms with Gasteiger partial charge in [-0.15, -0.1) is 0 Å². The largest absolute Gasteiger partial charge is 0.495 e. The maximum Gasteiger partial charge on any atom is 0.266 e. The van der Waals surface area contributed by atoms with E-state index in [9.17, 15) is 14.4 Å². The molecule has 0 bridgehead atoms. The molecular weight excluding hydrogens is 522 g/mol. The summed E-state index contributed by atoms with van der Waals surface area (Å²) >= 11 is 12.6. The predicted octanol–water partition coefficient (Wildman–Crippen LogP) is 6.67. The van der Waals surface area contributed by atoms with Crippen molar-refractivity contribution >= 4 is 40.9 Å². The zero-order valence-corrected chi connectivity index (χ0v) is 21.7. The highest BCUT2D eigenvalue weighted by Crippen LogP contribution is 2.38. The van der Waals surface area contributed by atoms with Crippen molar-refractivity contribution in [1.29, 1.82) is 5.26 Å². The molecule has 7 nitrogen and oxygen atoms in total. The summed E-state index contributed by atoms with van der Waals surface area (Å²) in [5.74, 6) is 0.191. The lowest BCUT2D eigenvalue weighted by Gasteiger charge is -2.15. The summed E-state index contributed by atoms with van der Waals surface area (Å²) in [5, 5.41) is 12.8. The molecule has 0 fully saturated rings. The number of rotatable bonds is 10. The van der Waals surface area contributed by atoms with E-state index in [0.29, 0.717) is 34.4 Å². The Morgan fingerprint density at radius 1 is 1.00 bits per heavy atom. The van der Waals surface area contributed by atoms with Gasteiger partial charge in [-0.25, -0.2) is 4.39 Å². The molecule has 0 heterocycles. The zero-order chi connectivity index (χ0) is 26.9. The van der Waals surface area contributed by atoms with Gasteiger partial charge in [-0.2, -0.15) is 5.26 Å². The average molecular weight is 545 g/mol. The Bertz CT molecular complexity index is 1350. The Kier molecular flexibility index (Phi) is 9.61. The molecule has 0 aliphatic rings. The van der Waals surface area contributed by atoms with Crippen LogP contribution in [0.4, 0.5) is 10.1 Å². The molecule has 0 spiro atoms. The lowest BCUT2D eigenvalue weighted by atomic mass is 10.1. The molecule has 37 heavy (non-hydrogen) atoms. The molecule has 3 rings (SSSR count). The van der Waals surface area contributed by atoms with Crippen molar-refractivity contribution in [2.24, 2.45) is 0 Å². The summed E-state index contributed by atoms with van der Waals surface area (Å²) in [6.07, 6.45) is 1.37. The van der Waals surface area contributed by atoms with Crippen molar-refractivity contribution in [2.45, 2.75) is 13.5 Å². The maximum absolute atomic E-state index is 13.2. The van der Waals surface area contributed by atoms with Gasteiger partial charge in [0.2, 0.25) is 0 Å². The monoisotopic (exact) mass is 544 g/mol. The van der Waals surface area contributed by atoms with Gasteiger partial charge in [0.25, 0.3) is 5.91 Å². The highest BCUT2D eigenvalue weighted by Gasteiger charge is 2.17. The summed E-state index contributed by atoms with van der Waals surface area (Å²) in [5.41, 5.74) is 1.25. The number of carbonyl (C=O) groups excluding carboxylic acids is 1. The van der Waals surface area contributed by atoms with Crippen LogP contribution in [0, 0.1) is 17.1 Å². The number of nitrogens with one attached hydrogen (secondary N) is 1. The van der Waals surface area contributed by atoms with Gasteiger partial charge in [-0.1, -0.05) is 35.3 Å². The third kappa shape index (κ3) is 7.06. The second-order valence-electron chi connectivity index (χ2n) is 7.49. The van der Waals surface area contributed by atoms with E-state index in [1.54, 1.807) is 31.2 Å². The number of amides is 1. The van der Waals surface area contributed by atoms with Crippen LogP contribution < -0.4 is 24.3 Å². The van der Waals surface area contributed by atoms with Crippen molar-refractivity contribution < 1.29 is 28.1 Å². The minimum Gasteiger partial charge on any atom is -0.495 e. The third-order valence-electron chi connectivity index (χ3n) is 5.03. The molecule has 192 valence electrons. The predicted molar refractivity (Wildman–Crippen MR) is 140 cm³/mol. The molecule has 1 amide bonds. The molecule has 0 saturated carbocycles. The number of nitriles is 1. The molecule has 0 aliphatic heterocycles. The van der Waals surface area contributed by atoms with Gasteiger partial charge in [-0.05, 0) is 48.4 Å². The molecular formula is C27H23Cl2FN2O5. The Balaban J connectivity index is 1.88. The van der Waals surface area contributed by atoms with Crippen LogP contribution in [0.3, 0.4) is 0 Å². The molecule has 3 aromatic rings. The first-order valence-electron chi connectivity index (χ1n) is 11.0. The molecule has 0 unspecified atom stereocenters. The average Bonchev–Trinajstić information content (AvgIpc) is 2.88. The minimum absolute atomic E-state index is 0.132. The quantitative estimate of drug-likeness (QED) is 0.226. The number of halogens is 3. The molecule has 0 atom stereocenters. The van der Waals surface area contributed by atoms with Crippen molar-refractivity contribution in [1.82, 2.24) is 0 Å². The summed E-state index contributed by atoms with van der Waals surface area (Å²) in [6.45, 7) is 2.25. The van der Waals surface area contributed by atoms with Crippen LogP contribution in [-0.2, 0) is 11.4 Å². The zero-order valence-electron chi connectivity index (χ0n) is 20.2. The second-order valence-corrected chi connectivity index (χ2v) is 8.30. The van der Waals surface area contributed by atoms with Gasteiger partial charge < -0.3 is 24.3 Å². The van der Waals surface area contributed by atoms with Crippen LogP contribution >= 0.6 is 23.2 Å². The first-order chi connectivity index (χ1) is 17.8. The minimum atomic E-state index is -0.684. The first-order valence-corrected chi connectivity index (χ1v) is 11.7. The van der Waals surface area contributed by atoms with E-state index in [-0.39, 0.29) is 34.5 Å². The van der Waals surface area contributed by atoms with Gasteiger partial charge >= 0.3 is 0 Å². The summed E-state index contributed by atoms with van der Waals surface area (Å²) < 4.78 is 35.1. The number of benzene rings is 3. The van der Waals surface area contributed by atoms with Gasteiger partial charge in [0.1, 0.15) is 35.6 Å². The number of methoxy groups -OCH3 is 2. The van der Waals surface area contributed by atoms with Crippen LogP contribution in [0.1, 0.15) is 18.1 Å². The van der Waals surface area contributed by atoms with Crippen LogP contribution in [0.2, 0.25) is 10.0 Å². The SMILES string of the molecule is CCOc1cc(/C=C(\C#N)C(=O)Nc2cc(OC)c(Cl)cc2OC)cc(Cl)c1OCc1ccc(F)cc1. The van der Waals surface area contributed by atoms with E-state index >= 15 is 0 Å². The fraction of sp³-hybridized carbons (Fsp3) is 0.185. The lowest BCUT2D eigenvalue weighted by Crippen LogP contribution is -2.14. The smallest absolute Gasteiger partial charge is 0.266 e. The van der Waals surface area contributed by atoms with Gasteiger partial charge in [0.15, 0.2) is 11.5 Å². The number of ether oxygens (including phenoxy) is 4. The van der Waals surface area contributed by atoms with Crippen LogP contribution in [0.15, 0.2) is 54.1 Å². The summed E-state index contributed by atoms with van der Waals surface area (Å²) in [6, 6.07) is 13.9. The number of nitrogens with zero attached hydrogens (tertiary/aromatic N) is 1. The fourth-order valence-corrected chi connectivity index (χ4v) is 3.78. The molecule has 0 radical (unpaired) electrons. The molecule has 3 aromatic carbocycles. The van der Waals surface area contributed by atoms with Gasteiger partial charge in [0.05, 0.1) is 36.6 Å². The Morgan fingerprint density at radius 3 is 2.32 bits per heavy atom. The maximum atomic E-state index is 13.2. The van der Waals surface area contributed by atoms with Gasteiger partial charge in [-0.3, -0.25) is 4.79 Å².